The van der Waals surface area contributed by atoms with Gasteiger partial charge in [-0.15, -0.1) is 0 Å². The second-order valence-corrected chi connectivity index (χ2v) is 4.41. The highest BCUT2D eigenvalue weighted by Crippen LogP contribution is 2.32. The Labute approximate surface area is 117 Å². The molecule has 1 aliphatic heterocycles. The molecule has 0 fully saturated rings. The Morgan fingerprint density at radius 2 is 2.10 bits per heavy atom. The van der Waals surface area contributed by atoms with Crippen LogP contribution in [0.4, 0.5) is 0 Å². The van der Waals surface area contributed by atoms with Crippen LogP contribution in [-0.4, -0.2) is 31.8 Å². The van der Waals surface area contributed by atoms with Crippen molar-refractivity contribution in [1.82, 2.24) is 5.32 Å². The van der Waals surface area contributed by atoms with Gasteiger partial charge in [0.15, 0.2) is 11.5 Å². The van der Waals surface area contributed by atoms with Crippen LogP contribution in [-0.2, 0) is 9.53 Å². The summed E-state index contributed by atoms with van der Waals surface area (Å²) < 4.78 is 15.1. The summed E-state index contributed by atoms with van der Waals surface area (Å²) in [5, 5.41) is 2.67. The largest absolute Gasteiger partial charge is 0.467 e. The molecule has 0 bridgehead atoms. The SMILES string of the molecule is CCCC(NC(=O)c1ccc2c(c1)OCO2)C(=O)OC. The first-order chi connectivity index (χ1) is 9.65. The number of benzene rings is 1. The first kappa shape index (κ1) is 14.2. The van der Waals surface area contributed by atoms with Crippen molar-refractivity contribution in [2.75, 3.05) is 13.9 Å². The van der Waals surface area contributed by atoms with E-state index in [2.05, 4.69) is 10.1 Å². The normalized spacial score (nSPS) is 13.7. The number of methoxy groups -OCH3 is 1. The van der Waals surface area contributed by atoms with Gasteiger partial charge in [0.1, 0.15) is 6.04 Å². The van der Waals surface area contributed by atoms with E-state index in [9.17, 15) is 9.59 Å². The Morgan fingerprint density at radius 1 is 1.35 bits per heavy atom. The molecule has 1 heterocycles. The molecule has 0 saturated carbocycles. The highest BCUT2D eigenvalue weighted by Gasteiger charge is 2.22. The lowest BCUT2D eigenvalue weighted by molar-refractivity contribution is -0.143. The highest BCUT2D eigenvalue weighted by molar-refractivity contribution is 5.97. The number of amides is 1. The molecule has 108 valence electrons. The lowest BCUT2D eigenvalue weighted by Crippen LogP contribution is -2.41. The minimum atomic E-state index is -0.636. The average Bonchev–Trinajstić information content (AvgIpc) is 2.93. The van der Waals surface area contributed by atoms with Gasteiger partial charge in [0.05, 0.1) is 7.11 Å². The van der Waals surface area contributed by atoms with Gasteiger partial charge >= 0.3 is 5.97 Å². The van der Waals surface area contributed by atoms with E-state index in [-0.39, 0.29) is 12.7 Å². The zero-order valence-electron chi connectivity index (χ0n) is 11.5. The number of rotatable bonds is 5. The Hall–Kier alpha value is -2.24. The van der Waals surface area contributed by atoms with Gasteiger partial charge in [0, 0.05) is 5.56 Å². The number of carbonyl (C=O) groups is 2. The fourth-order valence-electron chi connectivity index (χ4n) is 1.96. The molecule has 1 N–H and O–H groups in total. The van der Waals surface area contributed by atoms with Crippen molar-refractivity contribution in [3.8, 4) is 11.5 Å². The maximum absolute atomic E-state index is 12.1. The first-order valence-corrected chi connectivity index (χ1v) is 6.44. The monoisotopic (exact) mass is 279 g/mol. The summed E-state index contributed by atoms with van der Waals surface area (Å²) in [4.78, 5) is 23.7. The maximum atomic E-state index is 12.1. The predicted octanol–water partition coefficient (Wildman–Crippen LogP) is 1.49. The number of fused-ring (bicyclic) bond motifs is 1. The molecule has 2 rings (SSSR count). The van der Waals surface area contributed by atoms with Gasteiger partial charge in [0.2, 0.25) is 6.79 Å². The van der Waals surface area contributed by atoms with Gasteiger partial charge in [-0.3, -0.25) is 4.79 Å². The summed E-state index contributed by atoms with van der Waals surface area (Å²) in [6, 6.07) is 4.26. The quantitative estimate of drug-likeness (QED) is 0.826. The summed E-state index contributed by atoms with van der Waals surface area (Å²) in [6.45, 7) is 2.09. The molecule has 1 amide bonds. The molecule has 6 heteroatoms. The minimum Gasteiger partial charge on any atom is -0.467 e. The minimum absolute atomic E-state index is 0.154. The number of hydrogen-bond acceptors (Lipinski definition) is 5. The van der Waals surface area contributed by atoms with Gasteiger partial charge in [0.25, 0.3) is 5.91 Å². The first-order valence-electron chi connectivity index (χ1n) is 6.44. The van der Waals surface area contributed by atoms with E-state index in [0.717, 1.165) is 6.42 Å². The van der Waals surface area contributed by atoms with Crippen molar-refractivity contribution >= 4 is 11.9 Å². The van der Waals surface area contributed by atoms with Crippen molar-refractivity contribution in [1.29, 1.82) is 0 Å². The van der Waals surface area contributed by atoms with Crippen LogP contribution in [0.5, 0.6) is 11.5 Å². The molecule has 1 atom stereocenters. The van der Waals surface area contributed by atoms with Crippen LogP contribution in [0, 0.1) is 0 Å². The number of esters is 1. The van der Waals surface area contributed by atoms with Gasteiger partial charge < -0.3 is 19.5 Å². The van der Waals surface area contributed by atoms with Crippen molar-refractivity contribution in [2.45, 2.75) is 25.8 Å². The zero-order chi connectivity index (χ0) is 14.5. The van der Waals surface area contributed by atoms with Crippen molar-refractivity contribution in [3.05, 3.63) is 23.8 Å². The smallest absolute Gasteiger partial charge is 0.328 e. The molecule has 1 unspecified atom stereocenters. The summed E-state index contributed by atoms with van der Waals surface area (Å²) in [7, 11) is 1.30. The Bertz CT molecular complexity index is 514. The number of hydrogen-bond donors (Lipinski definition) is 1. The number of carbonyl (C=O) groups excluding carboxylic acids is 2. The van der Waals surface area contributed by atoms with Crippen LogP contribution >= 0.6 is 0 Å². The third-order valence-electron chi connectivity index (χ3n) is 3.00. The fraction of sp³-hybridized carbons (Fsp3) is 0.429. The van der Waals surface area contributed by atoms with Crippen molar-refractivity contribution in [2.24, 2.45) is 0 Å². The lowest BCUT2D eigenvalue weighted by Gasteiger charge is -2.15. The van der Waals surface area contributed by atoms with E-state index < -0.39 is 12.0 Å². The summed E-state index contributed by atoms with van der Waals surface area (Å²) in [5.41, 5.74) is 0.416. The van der Waals surface area contributed by atoms with Crippen LogP contribution in [0.15, 0.2) is 18.2 Å². The van der Waals surface area contributed by atoms with Crippen LogP contribution in [0.25, 0.3) is 0 Å². The van der Waals surface area contributed by atoms with Gasteiger partial charge in [-0.05, 0) is 24.6 Å². The Balaban J connectivity index is 2.08. The van der Waals surface area contributed by atoms with Crippen LogP contribution in [0.2, 0.25) is 0 Å². The van der Waals surface area contributed by atoms with E-state index in [4.69, 9.17) is 9.47 Å². The molecule has 0 saturated heterocycles. The molecule has 0 radical (unpaired) electrons. The summed E-state index contributed by atoms with van der Waals surface area (Å²) in [6.07, 6.45) is 1.30. The fourth-order valence-corrected chi connectivity index (χ4v) is 1.96. The van der Waals surface area contributed by atoms with Crippen LogP contribution in [0.3, 0.4) is 0 Å². The van der Waals surface area contributed by atoms with Gasteiger partial charge in [-0.1, -0.05) is 13.3 Å². The second-order valence-electron chi connectivity index (χ2n) is 4.41. The zero-order valence-corrected chi connectivity index (χ0v) is 11.5. The Morgan fingerprint density at radius 3 is 2.80 bits per heavy atom. The molecule has 0 aliphatic carbocycles. The molecular weight excluding hydrogens is 262 g/mol. The molecule has 1 aromatic rings. The number of nitrogens with one attached hydrogen (secondary N) is 1. The van der Waals surface area contributed by atoms with E-state index >= 15 is 0 Å². The maximum Gasteiger partial charge on any atom is 0.328 e. The third kappa shape index (κ3) is 3.01. The van der Waals surface area contributed by atoms with Crippen LogP contribution in [0.1, 0.15) is 30.1 Å². The standard InChI is InChI=1S/C14H17NO5/c1-3-4-10(14(17)18-2)15-13(16)9-5-6-11-12(7-9)20-8-19-11/h5-7,10H,3-4,8H2,1-2H3,(H,15,16). The van der Waals surface area contributed by atoms with Crippen molar-refractivity contribution in [3.63, 3.8) is 0 Å². The summed E-state index contributed by atoms with van der Waals surface area (Å²) >= 11 is 0. The molecule has 0 aromatic heterocycles. The second kappa shape index (κ2) is 6.27. The molecule has 0 spiro atoms. The Kier molecular flexibility index (Phi) is 4.45. The average molecular weight is 279 g/mol. The lowest BCUT2D eigenvalue weighted by atomic mass is 10.1. The molecule has 1 aromatic carbocycles. The number of ether oxygens (including phenoxy) is 3. The molecule has 1 aliphatic rings. The molecule has 6 nitrogen and oxygen atoms in total. The third-order valence-corrected chi connectivity index (χ3v) is 3.00. The van der Waals surface area contributed by atoms with Gasteiger partial charge in [-0.2, -0.15) is 0 Å². The van der Waals surface area contributed by atoms with Gasteiger partial charge in [-0.25, -0.2) is 4.79 Å². The van der Waals surface area contributed by atoms with E-state index in [1.54, 1.807) is 18.2 Å². The summed E-state index contributed by atoms with van der Waals surface area (Å²) in [5.74, 6) is 0.357. The van der Waals surface area contributed by atoms with E-state index in [1.807, 2.05) is 6.92 Å². The topological polar surface area (TPSA) is 73.9 Å². The van der Waals surface area contributed by atoms with E-state index in [0.29, 0.717) is 23.5 Å². The van der Waals surface area contributed by atoms with Crippen LogP contribution < -0.4 is 14.8 Å². The predicted molar refractivity (Wildman–Crippen MR) is 70.7 cm³/mol. The van der Waals surface area contributed by atoms with Crippen molar-refractivity contribution < 1.29 is 23.8 Å². The van der Waals surface area contributed by atoms with E-state index in [1.165, 1.54) is 7.11 Å². The molecular formula is C14H17NO5. The highest BCUT2D eigenvalue weighted by atomic mass is 16.7. The molecule has 20 heavy (non-hydrogen) atoms.